The molecule has 0 saturated heterocycles. The lowest BCUT2D eigenvalue weighted by atomic mass is 10.1. The van der Waals surface area contributed by atoms with Gasteiger partial charge in [0, 0.05) is 10.9 Å². The van der Waals surface area contributed by atoms with Crippen molar-refractivity contribution >= 4 is 16.7 Å². The number of hydrogen-bond donors (Lipinski definition) is 0. The summed E-state index contributed by atoms with van der Waals surface area (Å²) in [4.78, 5) is 5.03. The van der Waals surface area contributed by atoms with E-state index in [1.54, 1.807) is 0 Å². The van der Waals surface area contributed by atoms with E-state index in [0.29, 0.717) is 0 Å². The van der Waals surface area contributed by atoms with Gasteiger partial charge in [-0.3, -0.25) is 4.48 Å². The topological polar surface area (TPSA) is 12.9 Å². The summed E-state index contributed by atoms with van der Waals surface area (Å²) in [6.45, 7) is 5.64. The standard InChI is InChI=1S/C18H25N2/c1-4-20(3,16-10-6-7-11-16)18-14(2)13-15-9-5-8-12-17(15)19-18/h5,8-9,12-13,16H,4,6-7,10-11H2,1-3H3/q+1. The Hall–Kier alpha value is -1.41. The minimum absolute atomic E-state index is 0.743. The van der Waals surface area contributed by atoms with Crippen LogP contribution in [0.1, 0.15) is 38.2 Å². The zero-order valence-electron chi connectivity index (χ0n) is 12.9. The van der Waals surface area contributed by atoms with E-state index in [9.17, 15) is 0 Å². The molecule has 1 saturated carbocycles. The second-order valence-electron chi connectivity index (χ2n) is 6.34. The molecule has 0 amide bonds. The molecule has 1 fully saturated rings. The lowest BCUT2D eigenvalue weighted by molar-refractivity contribution is 0.250. The Morgan fingerprint density at radius 1 is 1.20 bits per heavy atom. The van der Waals surface area contributed by atoms with E-state index >= 15 is 0 Å². The van der Waals surface area contributed by atoms with E-state index in [1.165, 1.54) is 42.5 Å². The summed E-state index contributed by atoms with van der Waals surface area (Å²) in [7, 11) is 2.38. The highest BCUT2D eigenvalue weighted by molar-refractivity contribution is 5.81. The van der Waals surface area contributed by atoms with Crippen LogP contribution in [0.25, 0.3) is 10.9 Å². The summed E-state index contributed by atoms with van der Waals surface area (Å²) >= 11 is 0. The van der Waals surface area contributed by atoms with Gasteiger partial charge < -0.3 is 0 Å². The van der Waals surface area contributed by atoms with Gasteiger partial charge in [0.25, 0.3) is 0 Å². The van der Waals surface area contributed by atoms with E-state index in [4.69, 9.17) is 4.98 Å². The first-order valence-electron chi connectivity index (χ1n) is 7.87. The highest BCUT2D eigenvalue weighted by Gasteiger charge is 2.37. The molecule has 2 aromatic rings. The van der Waals surface area contributed by atoms with Crippen molar-refractivity contribution in [2.45, 2.75) is 45.6 Å². The number of hydrogen-bond acceptors (Lipinski definition) is 1. The third kappa shape index (κ3) is 2.12. The number of aryl methyl sites for hydroxylation is 1. The van der Waals surface area contributed by atoms with Crippen molar-refractivity contribution in [1.82, 2.24) is 9.47 Å². The Bertz CT molecular complexity index is 614. The predicted octanol–water partition coefficient (Wildman–Crippen LogP) is 4.44. The van der Waals surface area contributed by atoms with Crippen LogP contribution in [0.5, 0.6) is 0 Å². The maximum absolute atomic E-state index is 5.03. The first kappa shape index (κ1) is 13.6. The Labute approximate surface area is 122 Å². The maximum Gasteiger partial charge on any atom is 0.231 e. The van der Waals surface area contributed by atoms with Crippen LogP contribution >= 0.6 is 0 Å². The van der Waals surface area contributed by atoms with Crippen LogP contribution in [0.2, 0.25) is 0 Å². The van der Waals surface area contributed by atoms with Crippen LogP contribution in [0.4, 0.5) is 5.82 Å². The molecule has 1 aliphatic rings. The zero-order valence-corrected chi connectivity index (χ0v) is 12.9. The van der Waals surface area contributed by atoms with Gasteiger partial charge in [0.2, 0.25) is 5.82 Å². The molecule has 0 spiro atoms. The largest absolute Gasteiger partial charge is 0.275 e. The van der Waals surface area contributed by atoms with Gasteiger partial charge in [-0.2, -0.15) is 4.98 Å². The Balaban J connectivity index is 2.13. The number of nitrogens with zero attached hydrogens (tertiary/aromatic N) is 2. The number of para-hydroxylation sites is 1. The monoisotopic (exact) mass is 269 g/mol. The number of pyridine rings is 1. The lowest BCUT2D eigenvalue weighted by Gasteiger charge is -2.38. The van der Waals surface area contributed by atoms with Crippen molar-refractivity contribution < 1.29 is 0 Å². The highest BCUT2D eigenvalue weighted by atomic mass is 15.4. The van der Waals surface area contributed by atoms with Crippen LogP contribution < -0.4 is 4.48 Å². The van der Waals surface area contributed by atoms with E-state index in [2.05, 4.69) is 51.2 Å². The first-order chi connectivity index (χ1) is 9.65. The number of fused-ring (bicyclic) bond motifs is 1. The van der Waals surface area contributed by atoms with E-state index in [1.807, 2.05) is 0 Å². The van der Waals surface area contributed by atoms with Gasteiger partial charge in [-0.05, 0) is 51.7 Å². The fourth-order valence-corrected chi connectivity index (χ4v) is 3.78. The molecular weight excluding hydrogens is 244 g/mol. The summed E-state index contributed by atoms with van der Waals surface area (Å²) in [5.41, 5.74) is 2.46. The molecule has 106 valence electrons. The molecule has 0 bridgehead atoms. The van der Waals surface area contributed by atoms with Gasteiger partial charge in [0.1, 0.15) is 0 Å². The van der Waals surface area contributed by atoms with Crippen LogP contribution in [0.3, 0.4) is 0 Å². The van der Waals surface area contributed by atoms with Gasteiger partial charge in [-0.15, -0.1) is 0 Å². The number of quaternary nitrogens is 1. The Morgan fingerprint density at radius 2 is 1.90 bits per heavy atom. The van der Waals surface area contributed by atoms with E-state index in [-0.39, 0.29) is 0 Å². The molecule has 0 N–H and O–H groups in total. The number of benzene rings is 1. The fraction of sp³-hybridized carbons (Fsp3) is 0.500. The van der Waals surface area contributed by atoms with Crippen molar-refractivity contribution in [2.24, 2.45) is 0 Å². The van der Waals surface area contributed by atoms with Crippen molar-refractivity contribution in [3.05, 3.63) is 35.9 Å². The molecule has 1 atom stereocenters. The minimum Gasteiger partial charge on any atom is -0.275 e. The summed E-state index contributed by atoms with van der Waals surface area (Å²) in [6, 6.07) is 11.5. The highest BCUT2D eigenvalue weighted by Crippen LogP contribution is 2.35. The summed E-state index contributed by atoms with van der Waals surface area (Å²) in [5, 5.41) is 1.25. The lowest BCUT2D eigenvalue weighted by Crippen LogP contribution is -2.53. The van der Waals surface area contributed by atoms with Crippen LogP contribution in [0.15, 0.2) is 30.3 Å². The van der Waals surface area contributed by atoms with Crippen LogP contribution in [0, 0.1) is 6.92 Å². The number of aromatic nitrogens is 1. The second-order valence-corrected chi connectivity index (χ2v) is 6.34. The zero-order chi connectivity index (χ0) is 14.2. The SMILES string of the molecule is CC[N+](C)(c1nc2ccccc2cc1C)C1CCCC1. The Morgan fingerprint density at radius 3 is 2.60 bits per heavy atom. The molecule has 0 radical (unpaired) electrons. The van der Waals surface area contributed by atoms with Crippen molar-refractivity contribution in [3.8, 4) is 0 Å². The predicted molar refractivity (Wildman–Crippen MR) is 87.0 cm³/mol. The molecular formula is C18H25N2+. The third-order valence-corrected chi connectivity index (χ3v) is 5.16. The molecule has 2 heteroatoms. The first-order valence-corrected chi connectivity index (χ1v) is 7.87. The van der Waals surface area contributed by atoms with Crippen molar-refractivity contribution in [2.75, 3.05) is 13.6 Å². The van der Waals surface area contributed by atoms with Gasteiger partial charge >= 0.3 is 0 Å². The van der Waals surface area contributed by atoms with Crippen molar-refractivity contribution in [1.29, 1.82) is 0 Å². The van der Waals surface area contributed by atoms with E-state index in [0.717, 1.165) is 22.6 Å². The molecule has 1 aromatic heterocycles. The summed E-state index contributed by atoms with van der Waals surface area (Å²) in [6.07, 6.45) is 5.45. The molecule has 0 aliphatic heterocycles. The van der Waals surface area contributed by atoms with Gasteiger partial charge in [0.15, 0.2) is 0 Å². The molecule has 3 rings (SSSR count). The molecule has 1 heterocycles. The normalized spacial score (nSPS) is 19.4. The van der Waals surface area contributed by atoms with Gasteiger partial charge in [-0.25, -0.2) is 0 Å². The van der Waals surface area contributed by atoms with Crippen LogP contribution in [-0.2, 0) is 0 Å². The minimum atomic E-state index is 0.743. The smallest absolute Gasteiger partial charge is 0.231 e. The molecule has 1 aromatic carbocycles. The second kappa shape index (κ2) is 5.17. The maximum atomic E-state index is 5.03. The quantitative estimate of drug-likeness (QED) is 0.751. The van der Waals surface area contributed by atoms with Gasteiger partial charge in [-0.1, -0.05) is 18.2 Å². The van der Waals surface area contributed by atoms with Crippen LogP contribution in [-0.4, -0.2) is 24.6 Å². The fourth-order valence-electron chi connectivity index (χ4n) is 3.78. The average Bonchev–Trinajstić information content (AvgIpc) is 3.00. The summed E-state index contributed by atoms with van der Waals surface area (Å²) < 4.78 is 0.997. The molecule has 2 nitrogen and oxygen atoms in total. The van der Waals surface area contributed by atoms with E-state index < -0.39 is 0 Å². The molecule has 20 heavy (non-hydrogen) atoms. The van der Waals surface area contributed by atoms with Gasteiger partial charge in [0.05, 0.1) is 25.2 Å². The Kier molecular flexibility index (Phi) is 3.51. The molecule has 1 aliphatic carbocycles. The van der Waals surface area contributed by atoms with Crippen molar-refractivity contribution in [3.63, 3.8) is 0 Å². The average molecular weight is 269 g/mol. The summed E-state index contributed by atoms with van der Waals surface area (Å²) in [5.74, 6) is 1.28. The molecule has 1 unspecified atom stereocenters. The number of rotatable bonds is 3. The third-order valence-electron chi connectivity index (χ3n) is 5.16.